The van der Waals surface area contributed by atoms with Crippen LogP contribution < -0.4 is 19.9 Å². The van der Waals surface area contributed by atoms with E-state index in [1.165, 1.54) is 10.6 Å². The highest BCUT2D eigenvalue weighted by molar-refractivity contribution is 6.36. The zero-order valence-corrected chi connectivity index (χ0v) is 25.0. The summed E-state index contributed by atoms with van der Waals surface area (Å²) in [6, 6.07) is 14.2. The highest BCUT2D eigenvalue weighted by atomic mass is 35.5. The maximum absolute atomic E-state index is 13.4. The van der Waals surface area contributed by atoms with Crippen molar-refractivity contribution in [3.63, 3.8) is 0 Å². The van der Waals surface area contributed by atoms with E-state index in [-0.39, 0.29) is 24.8 Å². The average molecular weight is 622 g/mol. The number of aromatic amines is 1. The Hall–Kier alpha value is -4.19. The summed E-state index contributed by atoms with van der Waals surface area (Å²) in [5, 5.41) is 10.5. The fraction of sp³-hybridized carbons (Fsp3) is 0.300. The Morgan fingerprint density at radius 1 is 1.07 bits per heavy atom. The van der Waals surface area contributed by atoms with E-state index < -0.39 is 11.9 Å². The molecular weight excluding hydrogens is 591 g/mol. The van der Waals surface area contributed by atoms with E-state index in [4.69, 9.17) is 27.9 Å². The first-order chi connectivity index (χ1) is 20.9. The van der Waals surface area contributed by atoms with Crippen LogP contribution in [0.15, 0.2) is 60.9 Å². The minimum absolute atomic E-state index is 0.0231. The van der Waals surface area contributed by atoms with Crippen molar-refractivity contribution < 1.29 is 14.3 Å². The number of piperazine rings is 1. The number of likely N-dealkylation sites (N-methyl/N-ethyl adjacent to an activating group) is 1. The molecule has 11 nitrogen and oxygen atoms in total. The normalized spacial score (nSPS) is 17.3. The molecule has 0 aliphatic carbocycles. The van der Waals surface area contributed by atoms with E-state index in [0.717, 1.165) is 38.3 Å². The lowest BCUT2D eigenvalue weighted by Gasteiger charge is -2.36. The summed E-state index contributed by atoms with van der Waals surface area (Å²) < 4.78 is 5.98. The molecule has 2 amide bonds. The summed E-state index contributed by atoms with van der Waals surface area (Å²) >= 11 is 12.5. The first-order valence-electron chi connectivity index (χ1n) is 13.9. The first-order valence-corrected chi connectivity index (χ1v) is 14.7. The number of fused-ring (bicyclic) bond motifs is 1. The molecule has 1 saturated heterocycles. The van der Waals surface area contributed by atoms with E-state index in [0.29, 0.717) is 32.9 Å². The van der Waals surface area contributed by atoms with Gasteiger partial charge in [0.15, 0.2) is 0 Å². The van der Waals surface area contributed by atoms with Crippen molar-refractivity contribution in [2.45, 2.75) is 19.0 Å². The van der Waals surface area contributed by atoms with Crippen LogP contribution in [-0.4, -0.2) is 82.8 Å². The molecule has 0 radical (unpaired) electrons. The summed E-state index contributed by atoms with van der Waals surface area (Å²) in [5.41, 5.74) is 3.59. The van der Waals surface area contributed by atoms with Crippen LogP contribution in [0, 0.1) is 0 Å². The van der Waals surface area contributed by atoms with Gasteiger partial charge in [-0.2, -0.15) is 0 Å². The minimum atomic E-state index is -0.922. The second-order valence-corrected chi connectivity index (χ2v) is 11.3. The molecule has 1 unspecified atom stereocenters. The van der Waals surface area contributed by atoms with Crippen molar-refractivity contribution in [3.05, 3.63) is 93.7 Å². The summed E-state index contributed by atoms with van der Waals surface area (Å²) in [4.78, 5) is 41.1. The predicted octanol–water partition coefficient (Wildman–Crippen LogP) is 3.57. The van der Waals surface area contributed by atoms with Crippen molar-refractivity contribution in [1.82, 2.24) is 30.4 Å². The molecule has 6 rings (SSSR count). The molecule has 4 aromatic rings. The van der Waals surface area contributed by atoms with Crippen LogP contribution in [0.4, 0.5) is 11.4 Å². The topological polar surface area (TPSA) is 120 Å². The van der Waals surface area contributed by atoms with Gasteiger partial charge in [0, 0.05) is 74.3 Å². The Labute approximate surface area is 258 Å². The number of hydrogen-bond acceptors (Lipinski definition) is 8. The molecule has 1 fully saturated rings. The molecule has 0 bridgehead atoms. The SMILES string of the molecule is CN1C(=O)C(NC(=O)c2n[nH]c(Cc3c(Cl)cccc3Cl)n2)COc2ccc(CN3CCN(c4ccncc4)CC3)cc21. The highest BCUT2D eigenvalue weighted by Crippen LogP contribution is 2.32. The molecular formula is C30H30Cl2N8O3. The van der Waals surface area contributed by atoms with Gasteiger partial charge in [-0.3, -0.25) is 24.6 Å². The monoisotopic (exact) mass is 620 g/mol. The van der Waals surface area contributed by atoms with Gasteiger partial charge in [-0.1, -0.05) is 35.3 Å². The number of amides is 2. The minimum Gasteiger partial charge on any atom is -0.489 e. The number of hydrogen-bond donors (Lipinski definition) is 2. The number of carbonyl (C=O) groups excluding carboxylic acids is 2. The van der Waals surface area contributed by atoms with E-state index in [2.05, 4.69) is 35.3 Å². The second-order valence-electron chi connectivity index (χ2n) is 10.5. The molecule has 222 valence electrons. The van der Waals surface area contributed by atoms with Gasteiger partial charge < -0.3 is 19.9 Å². The molecule has 2 aliphatic rings. The number of pyridine rings is 1. The molecule has 2 aliphatic heterocycles. The number of aromatic nitrogens is 4. The number of benzene rings is 2. The molecule has 1 atom stereocenters. The molecule has 2 aromatic carbocycles. The van der Waals surface area contributed by atoms with Crippen molar-refractivity contribution in [2.75, 3.05) is 49.6 Å². The lowest BCUT2D eigenvalue weighted by molar-refractivity contribution is -0.120. The Balaban J connectivity index is 1.07. The summed E-state index contributed by atoms with van der Waals surface area (Å²) in [6.45, 7) is 4.44. The summed E-state index contributed by atoms with van der Waals surface area (Å²) in [7, 11) is 1.69. The fourth-order valence-corrected chi connectivity index (χ4v) is 5.82. The third kappa shape index (κ3) is 6.43. The lowest BCUT2D eigenvalue weighted by Crippen LogP contribution is -2.49. The number of nitrogens with zero attached hydrogens (tertiary/aromatic N) is 6. The standard InChI is InChI=1S/C30H30Cl2N8O3/c1-38-25-15-19(17-39-11-13-40(14-12-39)20-7-9-33-10-8-20)5-6-26(25)43-18-24(30(38)42)34-29(41)28-35-27(36-37-28)16-21-22(31)3-2-4-23(21)32/h2-10,15,24H,11-14,16-18H2,1H3,(H,34,41)(H,35,36,37). The molecule has 4 heterocycles. The Morgan fingerprint density at radius 3 is 2.56 bits per heavy atom. The Kier molecular flexibility index (Phi) is 8.46. The van der Waals surface area contributed by atoms with Gasteiger partial charge in [-0.05, 0) is 47.5 Å². The van der Waals surface area contributed by atoms with Gasteiger partial charge >= 0.3 is 0 Å². The fourth-order valence-electron chi connectivity index (χ4n) is 5.29. The lowest BCUT2D eigenvalue weighted by atomic mass is 10.1. The number of rotatable bonds is 7. The highest BCUT2D eigenvalue weighted by Gasteiger charge is 2.32. The van der Waals surface area contributed by atoms with E-state index in [1.807, 2.05) is 42.7 Å². The van der Waals surface area contributed by atoms with Gasteiger partial charge in [-0.25, -0.2) is 4.98 Å². The van der Waals surface area contributed by atoms with Crippen LogP contribution >= 0.6 is 23.2 Å². The van der Waals surface area contributed by atoms with Crippen LogP contribution in [0.1, 0.15) is 27.6 Å². The summed E-state index contributed by atoms with van der Waals surface area (Å²) in [6.07, 6.45) is 3.90. The summed E-state index contributed by atoms with van der Waals surface area (Å²) in [5.74, 6) is 0.00580. The van der Waals surface area contributed by atoms with Crippen LogP contribution in [-0.2, 0) is 17.8 Å². The maximum Gasteiger partial charge on any atom is 0.291 e. The smallest absolute Gasteiger partial charge is 0.291 e. The zero-order valence-electron chi connectivity index (χ0n) is 23.5. The number of halogens is 2. The molecule has 13 heteroatoms. The number of anilines is 2. The van der Waals surface area contributed by atoms with Crippen molar-refractivity contribution in [3.8, 4) is 5.75 Å². The van der Waals surface area contributed by atoms with Gasteiger partial charge in [0.2, 0.25) is 5.82 Å². The van der Waals surface area contributed by atoms with Gasteiger partial charge in [0.1, 0.15) is 24.2 Å². The quantitative estimate of drug-likeness (QED) is 0.322. The number of H-pyrrole nitrogens is 1. The molecule has 0 saturated carbocycles. The van der Waals surface area contributed by atoms with E-state index in [1.54, 1.807) is 25.2 Å². The van der Waals surface area contributed by atoms with E-state index in [9.17, 15) is 9.59 Å². The third-order valence-corrected chi connectivity index (χ3v) is 8.38. The Morgan fingerprint density at radius 2 is 1.81 bits per heavy atom. The average Bonchev–Trinajstić information content (AvgIpc) is 3.46. The van der Waals surface area contributed by atoms with E-state index >= 15 is 0 Å². The Bertz CT molecular complexity index is 1600. The first kappa shape index (κ1) is 28.9. The number of nitrogens with one attached hydrogen (secondary N) is 2. The molecule has 43 heavy (non-hydrogen) atoms. The van der Waals surface area contributed by atoms with Gasteiger partial charge in [0.25, 0.3) is 11.8 Å². The van der Waals surface area contributed by atoms with Crippen molar-refractivity contribution in [1.29, 1.82) is 0 Å². The second kappa shape index (κ2) is 12.6. The zero-order chi connectivity index (χ0) is 29.9. The van der Waals surface area contributed by atoms with Crippen LogP contribution in [0.25, 0.3) is 0 Å². The van der Waals surface area contributed by atoms with Crippen LogP contribution in [0.3, 0.4) is 0 Å². The van der Waals surface area contributed by atoms with Crippen LogP contribution in [0.2, 0.25) is 10.0 Å². The van der Waals surface area contributed by atoms with Gasteiger partial charge in [0.05, 0.1) is 5.69 Å². The van der Waals surface area contributed by atoms with Crippen LogP contribution in [0.5, 0.6) is 5.75 Å². The largest absolute Gasteiger partial charge is 0.489 e. The number of ether oxygens (including phenoxy) is 1. The van der Waals surface area contributed by atoms with Crippen molar-refractivity contribution >= 4 is 46.4 Å². The molecule has 2 N–H and O–H groups in total. The number of carbonyl (C=O) groups is 2. The molecule has 0 spiro atoms. The molecule has 2 aromatic heterocycles. The third-order valence-electron chi connectivity index (χ3n) is 7.67. The predicted molar refractivity (Wildman–Crippen MR) is 164 cm³/mol. The van der Waals surface area contributed by atoms with Gasteiger partial charge in [-0.15, -0.1) is 5.10 Å². The maximum atomic E-state index is 13.4. The van der Waals surface area contributed by atoms with Crippen molar-refractivity contribution in [2.24, 2.45) is 0 Å².